The smallest absolute Gasteiger partial charge is 0.288 e. The topological polar surface area (TPSA) is 55.2 Å². The van der Waals surface area contributed by atoms with E-state index in [1.807, 2.05) is 17.8 Å². The van der Waals surface area contributed by atoms with E-state index in [4.69, 9.17) is 11.6 Å². The van der Waals surface area contributed by atoms with Crippen LogP contribution >= 0.6 is 23.4 Å². The number of nitrogens with zero attached hydrogens (tertiary/aromatic N) is 1. The van der Waals surface area contributed by atoms with Gasteiger partial charge in [-0.1, -0.05) is 17.7 Å². The van der Waals surface area contributed by atoms with Crippen LogP contribution in [0.25, 0.3) is 0 Å². The minimum absolute atomic E-state index is 0.0255. The molecule has 19 heavy (non-hydrogen) atoms. The molecule has 104 valence electrons. The number of hydrogen-bond acceptors (Lipinski definition) is 4. The first-order valence-corrected chi connectivity index (χ1v) is 7.64. The Morgan fingerprint density at radius 3 is 3.00 bits per heavy atom. The summed E-state index contributed by atoms with van der Waals surface area (Å²) in [5.41, 5.74) is 0.866. The Morgan fingerprint density at radius 1 is 1.58 bits per heavy atom. The van der Waals surface area contributed by atoms with E-state index in [1.54, 1.807) is 12.1 Å². The molecule has 2 rings (SSSR count). The zero-order valence-electron chi connectivity index (χ0n) is 10.8. The van der Waals surface area contributed by atoms with E-state index in [0.717, 1.165) is 12.1 Å². The molecule has 0 radical (unpaired) electrons. The highest BCUT2D eigenvalue weighted by molar-refractivity contribution is 8.00. The zero-order valence-corrected chi connectivity index (χ0v) is 12.4. The van der Waals surface area contributed by atoms with Crippen molar-refractivity contribution in [3.8, 4) is 0 Å². The fourth-order valence-electron chi connectivity index (χ4n) is 2.26. The van der Waals surface area contributed by atoms with Crippen molar-refractivity contribution < 1.29 is 4.92 Å². The predicted molar refractivity (Wildman–Crippen MR) is 79.9 cm³/mol. The van der Waals surface area contributed by atoms with Crippen LogP contribution in [0, 0.1) is 10.1 Å². The summed E-state index contributed by atoms with van der Waals surface area (Å²) >= 11 is 7.78. The summed E-state index contributed by atoms with van der Waals surface area (Å²) < 4.78 is 0.304. The molecule has 1 aromatic carbocycles. The lowest BCUT2D eigenvalue weighted by atomic mass is 10.1. The predicted octanol–water partition coefficient (Wildman–Crippen LogP) is 3.62. The van der Waals surface area contributed by atoms with Gasteiger partial charge in [0.2, 0.25) is 0 Å². The largest absolute Gasteiger partial charge is 0.311 e. The molecule has 1 N–H and O–H groups in total. The number of hydrogen-bond donors (Lipinski definition) is 1. The van der Waals surface area contributed by atoms with E-state index in [9.17, 15) is 10.1 Å². The van der Waals surface area contributed by atoms with E-state index in [0.29, 0.717) is 11.3 Å². The number of nitro groups is 1. The van der Waals surface area contributed by atoms with Gasteiger partial charge in [0.15, 0.2) is 0 Å². The summed E-state index contributed by atoms with van der Waals surface area (Å²) in [6, 6.07) is 4.95. The number of rotatable bonds is 5. The number of nitrogens with one attached hydrogen (secondary N) is 1. The maximum atomic E-state index is 10.8. The van der Waals surface area contributed by atoms with Gasteiger partial charge in [-0.15, -0.1) is 0 Å². The van der Waals surface area contributed by atoms with Crippen LogP contribution in [-0.4, -0.2) is 22.0 Å². The summed E-state index contributed by atoms with van der Waals surface area (Å²) in [4.78, 5) is 10.4. The summed E-state index contributed by atoms with van der Waals surface area (Å²) in [5, 5.41) is 14.4. The van der Waals surface area contributed by atoms with Crippen LogP contribution in [0.3, 0.4) is 0 Å². The Labute approximate surface area is 122 Å². The molecular weight excluding hydrogens is 284 g/mol. The summed E-state index contributed by atoms with van der Waals surface area (Å²) in [6.45, 7) is 3.82. The molecule has 0 aliphatic carbocycles. The highest BCUT2D eigenvalue weighted by Gasteiger charge is 2.28. The second kappa shape index (κ2) is 6.11. The van der Waals surface area contributed by atoms with Gasteiger partial charge >= 0.3 is 0 Å². The van der Waals surface area contributed by atoms with Crippen molar-refractivity contribution in [1.82, 2.24) is 5.32 Å². The Hall–Kier alpha value is -0.780. The van der Waals surface area contributed by atoms with Crippen LogP contribution in [0.5, 0.6) is 0 Å². The minimum atomic E-state index is -0.444. The lowest BCUT2D eigenvalue weighted by molar-refractivity contribution is -0.384. The van der Waals surface area contributed by atoms with Gasteiger partial charge in [0, 0.05) is 23.9 Å². The molecule has 0 spiro atoms. The average molecular weight is 301 g/mol. The molecule has 1 aliphatic rings. The molecule has 1 atom stereocenters. The molecule has 1 saturated heterocycles. The van der Waals surface area contributed by atoms with Crippen LogP contribution in [0.4, 0.5) is 5.69 Å². The van der Waals surface area contributed by atoms with Crippen LogP contribution in [0.1, 0.15) is 25.3 Å². The van der Waals surface area contributed by atoms with Gasteiger partial charge in [0.25, 0.3) is 5.69 Å². The highest BCUT2D eigenvalue weighted by Crippen LogP contribution is 2.37. The standard InChI is InChI=1S/C13H17ClN2O2S/c1-13(5-2-6-19-13)9-15-8-10-3-4-11(14)12(7-10)16(17)18/h3-4,7,15H,2,5-6,8-9H2,1H3. The van der Waals surface area contributed by atoms with Gasteiger partial charge in [0.05, 0.1) is 4.92 Å². The van der Waals surface area contributed by atoms with Crippen molar-refractivity contribution in [2.75, 3.05) is 12.3 Å². The normalized spacial score (nSPS) is 22.6. The second-order valence-electron chi connectivity index (χ2n) is 5.05. The Bertz CT molecular complexity index is 476. The summed E-state index contributed by atoms with van der Waals surface area (Å²) in [7, 11) is 0. The average Bonchev–Trinajstić information content (AvgIpc) is 2.78. The zero-order chi connectivity index (χ0) is 13.9. The molecule has 1 unspecified atom stereocenters. The fourth-order valence-corrected chi connectivity index (χ4v) is 3.72. The van der Waals surface area contributed by atoms with Gasteiger partial charge in [-0.2, -0.15) is 11.8 Å². The fraction of sp³-hybridized carbons (Fsp3) is 0.538. The van der Waals surface area contributed by atoms with Gasteiger partial charge in [-0.05, 0) is 37.1 Å². The molecule has 4 nitrogen and oxygen atoms in total. The first-order valence-electron chi connectivity index (χ1n) is 6.28. The van der Waals surface area contributed by atoms with Crippen molar-refractivity contribution in [1.29, 1.82) is 0 Å². The quantitative estimate of drug-likeness (QED) is 0.666. The number of benzene rings is 1. The molecule has 0 saturated carbocycles. The third-order valence-electron chi connectivity index (χ3n) is 3.34. The molecule has 0 aromatic heterocycles. The lowest BCUT2D eigenvalue weighted by Gasteiger charge is -2.23. The van der Waals surface area contributed by atoms with Crippen LogP contribution in [0.15, 0.2) is 18.2 Å². The Balaban J connectivity index is 1.92. The van der Waals surface area contributed by atoms with Crippen molar-refractivity contribution in [2.45, 2.75) is 31.1 Å². The monoisotopic (exact) mass is 300 g/mol. The first-order chi connectivity index (χ1) is 9.00. The third kappa shape index (κ3) is 3.84. The van der Waals surface area contributed by atoms with E-state index in [1.165, 1.54) is 18.6 Å². The molecular formula is C13H17ClN2O2S. The second-order valence-corrected chi connectivity index (χ2v) is 7.14. The molecule has 6 heteroatoms. The molecule has 0 amide bonds. The third-order valence-corrected chi connectivity index (χ3v) is 5.19. The summed E-state index contributed by atoms with van der Waals surface area (Å²) in [6.07, 6.45) is 2.50. The maximum absolute atomic E-state index is 10.8. The van der Waals surface area contributed by atoms with Crippen molar-refractivity contribution >= 4 is 29.1 Å². The molecule has 1 aromatic rings. The van der Waals surface area contributed by atoms with Crippen molar-refractivity contribution in [3.05, 3.63) is 38.9 Å². The SMILES string of the molecule is CC1(CNCc2ccc(Cl)c([N+](=O)[O-])c2)CCCS1. The molecule has 1 aliphatic heterocycles. The van der Waals surface area contributed by atoms with Gasteiger partial charge in [0.1, 0.15) is 5.02 Å². The summed E-state index contributed by atoms with van der Waals surface area (Å²) in [5.74, 6) is 1.23. The van der Waals surface area contributed by atoms with Crippen molar-refractivity contribution in [2.24, 2.45) is 0 Å². The van der Waals surface area contributed by atoms with E-state index >= 15 is 0 Å². The maximum Gasteiger partial charge on any atom is 0.288 e. The van der Waals surface area contributed by atoms with Crippen molar-refractivity contribution in [3.63, 3.8) is 0 Å². The van der Waals surface area contributed by atoms with E-state index in [-0.39, 0.29) is 10.7 Å². The molecule has 1 heterocycles. The van der Waals surface area contributed by atoms with Crippen LogP contribution in [0.2, 0.25) is 5.02 Å². The van der Waals surface area contributed by atoms with Gasteiger partial charge in [-0.25, -0.2) is 0 Å². The number of nitro benzene ring substituents is 1. The van der Waals surface area contributed by atoms with Crippen LogP contribution < -0.4 is 5.32 Å². The van der Waals surface area contributed by atoms with E-state index in [2.05, 4.69) is 12.2 Å². The molecule has 1 fully saturated rings. The number of thioether (sulfide) groups is 1. The van der Waals surface area contributed by atoms with Crippen LogP contribution in [-0.2, 0) is 6.54 Å². The first kappa shape index (κ1) is 14.6. The highest BCUT2D eigenvalue weighted by atomic mass is 35.5. The lowest BCUT2D eigenvalue weighted by Crippen LogP contribution is -2.32. The Kier molecular flexibility index (Phi) is 4.71. The van der Waals surface area contributed by atoms with Gasteiger partial charge in [-0.3, -0.25) is 10.1 Å². The Morgan fingerprint density at radius 2 is 2.37 bits per heavy atom. The van der Waals surface area contributed by atoms with Gasteiger partial charge < -0.3 is 5.32 Å². The number of halogens is 1. The molecule has 0 bridgehead atoms. The van der Waals surface area contributed by atoms with E-state index < -0.39 is 4.92 Å². The minimum Gasteiger partial charge on any atom is -0.311 e.